The van der Waals surface area contributed by atoms with Crippen LogP contribution in [0.4, 0.5) is 0 Å². The molecule has 3 atom stereocenters. The van der Waals surface area contributed by atoms with Gasteiger partial charge >= 0.3 is 0 Å². The van der Waals surface area contributed by atoms with Gasteiger partial charge in [-0.1, -0.05) is 37.5 Å². The molecule has 0 amide bonds. The lowest BCUT2D eigenvalue weighted by molar-refractivity contribution is -0.116. The largest absolute Gasteiger partial charge is 0.511 e. The number of hydrogen-bond acceptors (Lipinski definition) is 5. The van der Waals surface area contributed by atoms with Crippen LogP contribution in [-0.2, 0) is 20.4 Å². The number of rotatable bonds is 9. The number of hydrogen-bond donors (Lipinski definition) is 1. The summed E-state index contributed by atoms with van der Waals surface area (Å²) >= 11 is 5.40. The van der Waals surface area contributed by atoms with Gasteiger partial charge in [-0.15, -0.1) is 0 Å². The molecule has 1 rings (SSSR count). The van der Waals surface area contributed by atoms with Crippen molar-refractivity contribution in [2.45, 2.75) is 51.7 Å². The summed E-state index contributed by atoms with van der Waals surface area (Å²) in [5, 5.41) is 14.3. The van der Waals surface area contributed by atoms with Gasteiger partial charge in [0.05, 0.1) is 11.3 Å². The van der Waals surface area contributed by atoms with Crippen molar-refractivity contribution in [2.24, 2.45) is 11.1 Å². The Kier molecular flexibility index (Phi) is 9.29. The molecule has 0 heterocycles. The van der Waals surface area contributed by atoms with E-state index < -0.39 is 10.8 Å². The quantitative estimate of drug-likeness (QED) is 0.377. The molecule has 0 saturated heterocycles. The van der Waals surface area contributed by atoms with Gasteiger partial charge in [0, 0.05) is 40.2 Å². The van der Waals surface area contributed by atoms with Gasteiger partial charge in [-0.2, -0.15) is 0 Å². The third-order valence-electron chi connectivity index (χ3n) is 3.98. The van der Waals surface area contributed by atoms with Crippen molar-refractivity contribution >= 4 is 33.9 Å². The molecular formula is C17H26ClNO4S. The maximum absolute atomic E-state index is 12.5. The van der Waals surface area contributed by atoms with E-state index in [0.717, 1.165) is 0 Å². The number of carbonyl (C=O) groups is 1. The van der Waals surface area contributed by atoms with Crippen molar-refractivity contribution < 1.29 is 18.9 Å². The first-order chi connectivity index (χ1) is 11.4. The van der Waals surface area contributed by atoms with Crippen LogP contribution in [0.5, 0.6) is 0 Å². The fraction of sp³-hybridized carbons (Fsp3) is 0.647. The Labute approximate surface area is 151 Å². The molecule has 1 aliphatic carbocycles. The van der Waals surface area contributed by atoms with Crippen molar-refractivity contribution in [3.63, 3.8) is 0 Å². The Morgan fingerprint density at radius 1 is 1.50 bits per heavy atom. The number of aliphatic hydroxyl groups is 1. The Balaban J connectivity index is 2.84. The minimum Gasteiger partial charge on any atom is -0.511 e. The van der Waals surface area contributed by atoms with Crippen LogP contribution in [0.2, 0.25) is 0 Å². The molecule has 0 aliphatic heterocycles. The van der Waals surface area contributed by atoms with Crippen LogP contribution in [0.3, 0.4) is 0 Å². The first kappa shape index (κ1) is 20.9. The fourth-order valence-electron chi connectivity index (χ4n) is 2.81. The second kappa shape index (κ2) is 10.7. The molecule has 5 nitrogen and oxygen atoms in total. The standard InChI is InChI=1S/C17H26ClNO4S/c1-4-14(19-23-8-6-7-18)17-15(20)10-13(11-16(17)21)9-12(3)24(22)5-2/h6-7,12-13,20H,4-5,8-11H2,1-3H3/b7-6+,19-14?. The van der Waals surface area contributed by atoms with Gasteiger partial charge in [-0.3, -0.25) is 9.00 Å². The highest BCUT2D eigenvalue weighted by molar-refractivity contribution is 7.85. The summed E-state index contributed by atoms with van der Waals surface area (Å²) in [6.45, 7) is 5.87. The molecule has 136 valence electrons. The second-order valence-electron chi connectivity index (χ2n) is 5.78. The van der Waals surface area contributed by atoms with E-state index in [4.69, 9.17) is 16.4 Å². The molecule has 1 N–H and O–H groups in total. The molecule has 1 aliphatic rings. The Morgan fingerprint density at radius 2 is 2.21 bits per heavy atom. The molecule has 7 heteroatoms. The van der Waals surface area contributed by atoms with Crippen LogP contribution in [-0.4, -0.2) is 38.4 Å². The summed E-state index contributed by atoms with van der Waals surface area (Å²) in [6.07, 6.45) is 3.48. The average Bonchev–Trinajstić information content (AvgIpc) is 2.55. The van der Waals surface area contributed by atoms with E-state index in [1.807, 2.05) is 20.8 Å². The number of halogens is 1. The molecule has 3 unspecified atom stereocenters. The number of oxime groups is 1. The normalized spacial score (nSPS) is 22.1. The van der Waals surface area contributed by atoms with E-state index in [1.54, 1.807) is 6.08 Å². The summed E-state index contributed by atoms with van der Waals surface area (Å²) in [5.74, 6) is 0.554. The second-order valence-corrected chi connectivity index (χ2v) is 8.18. The first-order valence-corrected chi connectivity index (χ1v) is 10.0. The van der Waals surface area contributed by atoms with Gasteiger partial charge in [0.1, 0.15) is 12.4 Å². The third kappa shape index (κ3) is 6.06. The molecule has 0 aromatic carbocycles. The smallest absolute Gasteiger partial charge is 0.168 e. The minimum atomic E-state index is -0.891. The summed E-state index contributed by atoms with van der Waals surface area (Å²) in [6, 6.07) is 0. The Morgan fingerprint density at radius 3 is 2.75 bits per heavy atom. The average molecular weight is 376 g/mol. The summed E-state index contributed by atoms with van der Waals surface area (Å²) in [4.78, 5) is 17.6. The maximum atomic E-state index is 12.5. The lowest BCUT2D eigenvalue weighted by atomic mass is 9.82. The number of aliphatic hydroxyl groups excluding tert-OH is 1. The van der Waals surface area contributed by atoms with Gasteiger partial charge < -0.3 is 9.94 Å². The zero-order valence-electron chi connectivity index (χ0n) is 14.5. The molecule has 0 fully saturated rings. The fourth-order valence-corrected chi connectivity index (χ4v) is 3.94. The molecular weight excluding hydrogens is 350 g/mol. The van der Waals surface area contributed by atoms with Crippen LogP contribution in [0.25, 0.3) is 0 Å². The Bertz CT molecular complexity index is 557. The minimum absolute atomic E-state index is 0.0185. The molecule has 24 heavy (non-hydrogen) atoms. The predicted molar refractivity (Wildman–Crippen MR) is 98.8 cm³/mol. The highest BCUT2D eigenvalue weighted by Gasteiger charge is 2.31. The molecule has 0 saturated carbocycles. The highest BCUT2D eigenvalue weighted by atomic mass is 35.5. The third-order valence-corrected chi connectivity index (χ3v) is 5.82. The molecule has 0 aromatic rings. The number of ketones is 1. The molecule has 0 spiro atoms. The molecule has 0 radical (unpaired) electrons. The van der Waals surface area contributed by atoms with Crippen molar-refractivity contribution in [3.05, 3.63) is 22.9 Å². The van der Waals surface area contributed by atoms with Gasteiger partial charge in [0.25, 0.3) is 0 Å². The van der Waals surface area contributed by atoms with E-state index in [2.05, 4.69) is 5.16 Å². The topological polar surface area (TPSA) is 76.0 Å². The van der Waals surface area contributed by atoms with Crippen LogP contribution < -0.4 is 0 Å². The maximum Gasteiger partial charge on any atom is 0.168 e. The van der Waals surface area contributed by atoms with Crippen LogP contribution >= 0.6 is 11.6 Å². The summed E-state index contributed by atoms with van der Waals surface area (Å²) < 4.78 is 11.8. The van der Waals surface area contributed by atoms with Crippen molar-refractivity contribution in [1.82, 2.24) is 0 Å². The Hall–Kier alpha value is -1.14. The van der Waals surface area contributed by atoms with Gasteiger partial charge in [-0.25, -0.2) is 0 Å². The van der Waals surface area contributed by atoms with Crippen molar-refractivity contribution in [1.29, 1.82) is 0 Å². The van der Waals surface area contributed by atoms with Crippen LogP contribution in [0.15, 0.2) is 28.1 Å². The van der Waals surface area contributed by atoms with Gasteiger partial charge in [-0.05, 0) is 24.8 Å². The first-order valence-electron chi connectivity index (χ1n) is 8.21. The van der Waals surface area contributed by atoms with E-state index in [0.29, 0.717) is 37.1 Å². The number of nitrogens with zero attached hydrogens (tertiary/aromatic N) is 1. The van der Waals surface area contributed by atoms with E-state index in [9.17, 15) is 14.1 Å². The monoisotopic (exact) mass is 375 g/mol. The van der Waals surface area contributed by atoms with Crippen LogP contribution in [0, 0.1) is 5.92 Å². The lowest BCUT2D eigenvalue weighted by Crippen LogP contribution is -2.27. The zero-order chi connectivity index (χ0) is 18.1. The van der Waals surface area contributed by atoms with Crippen LogP contribution in [0.1, 0.15) is 46.5 Å². The summed E-state index contributed by atoms with van der Waals surface area (Å²) in [5.41, 5.74) is 2.05. The highest BCUT2D eigenvalue weighted by Crippen LogP contribution is 2.31. The van der Waals surface area contributed by atoms with Crippen molar-refractivity contribution in [2.75, 3.05) is 12.4 Å². The SMILES string of the molecule is CCC(=NOC/C=C/Cl)C1=C(O)CC(CC(C)S(=O)CC)CC1=O. The van der Waals surface area contributed by atoms with E-state index >= 15 is 0 Å². The number of allylic oxidation sites excluding steroid dienone is 2. The summed E-state index contributed by atoms with van der Waals surface area (Å²) in [7, 11) is -0.891. The van der Waals surface area contributed by atoms with E-state index in [-0.39, 0.29) is 34.9 Å². The zero-order valence-corrected chi connectivity index (χ0v) is 16.0. The van der Waals surface area contributed by atoms with E-state index in [1.165, 1.54) is 5.54 Å². The molecule has 0 bridgehead atoms. The van der Waals surface area contributed by atoms with Gasteiger partial charge in [0.15, 0.2) is 5.78 Å². The lowest BCUT2D eigenvalue weighted by Gasteiger charge is -2.25. The van der Waals surface area contributed by atoms with Gasteiger partial charge in [0.2, 0.25) is 0 Å². The van der Waals surface area contributed by atoms with Crippen molar-refractivity contribution in [3.8, 4) is 0 Å². The number of Topliss-reactive ketones (excluding diaryl/α,β-unsaturated/α-hetero) is 1. The molecule has 0 aromatic heterocycles. The predicted octanol–water partition coefficient (Wildman–Crippen LogP) is 3.86. The number of carbonyl (C=O) groups excluding carboxylic acids is 1.